The van der Waals surface area contributed by atoms with Gasteiger partial charge in [-0.2, -0.15) is 0 Å². The molecule has 1 amide bonds. The lowest BCUT2D eigenvalue weighted by Gasteiger charge is -2.14. The Hall–Kier alpha value is -1.05. The van der Waals surface area contributed by atoms with Crippen molar-refractivity contribution in [2.45, 2.75) is 23.8 Å². The van der Waals surface area contributed by atoms with E-state index in [4.69, 9.17) is 9.84 Å². The van der Waals surface area contributed by atoms with Crippen molar-refractivity contribution in [1.82, 2.24) is 5.32 Å². The number of hydrogen-bond acceptors (Lipinski definition) is 4. The Bertz CT molecular complexity index is 467. The van der Waals surface area contributed by atoms with E-state index in [1.165, 1.54) is 11.8 Å². The summed E-state index contributed by atoms with van der Waals surface area (Å²) >= 11 is 4.71. The highest BCUT2D eigenvalue weighted by Crippen LogP contribution is 2.20. The molecular weight excluding hydrogens is 358 g/mol. The number of benzene rings is 1. The third-order valence-electron chi connectivity index (χ3n) is 2.66. The second-order valence-corrected chi connectivity index (χ2v) is 6.30. The maximum atomic E-state index is 11.8. The van der Waals surface area contributed by atoms with Gasteiger partial charge in [-0.3, -0.25) is 4.79 Å². The smallest absolute Gasteiger partial charge is 0.326 e. The highest BCUT2D eigenvalue weighted by atomic mass is 79.9. The highest BCUT2D eigenvalue weighted by Gasteiger charge is 2.19. The van der Waals surface area contributed by atoms with Crippen molar-refractivity contribution in [3.8, 4) is 0 Å². The number of carboxylic acid groups (broad SMARTS) is 1. The molecule has 1 aromatic rings. The van der Waals surface area contributed by atoms with Crippen LogP contribution in [0.5, 0.6) is 0 Å². The zero-order valence-corrected chi connectivity index (χ0v) is 14.1. The largest absolute Gasteiger partial charge is 0.480 e. The van der Waals surface area contributed by atoms with Gasteiger partial charge in [-0.15, -0.1) is 11.8 Å². The van der Waals surface area contributed by atoms with Gasteiger partial charge in [0.2, 0.25) is 5.91 Å². The average Bonchev–Trinajstić information content (AvgIpc) is 2.45. The molecule has 21 heavy (non-hydrogen) atoms. The summed E-state index contributed by atoms with van der Waals surface area (Å²) < 4.78 is 5.85. The van der Waals surface area contributed by atoms with Crippen molar-refractivity contribution in [1.29, 1.82) is 0 Å². The monoisotopic (exact) mass is 375 g/mol. The van der Waals surface area contributed by atoms with E-state index in [0.717, 1.165) is 9.37 Å². The Morgan fingerprint density at radius 3 is 2.62 bits per heavy atom. The molecule has 0 aliphatic rings. The molecule has 2 N–H and O–H groups in total. The first-order chi connectivity index (χ1) is 10.0. The number of carboxylic acids is 1. The van der Waals surface area contributed by atoms with Gasteiger partial charge in [0.05, 0.1) is 5.75 Å². The number of rotatable bonds is 9. The third-order valence-corrected chi connectivity index (χ3v) is 4.20. The van der Waals surface area contributed by atoms with Gasteiger partial charge in [0, 0.05) is 23.1 Å². The molecule has 0 radical (unpaired) electrons. The number of nitrogens with one attached hydrogen (secondary N) is 1. The second-order valence-electron chi connectivity index (χ2n) is 4.34. The van der Waals surface area contributed by atoms with Gasteiger partial charge >= 0.3 is 5.97 Å². The summed E-state index contributed by atoms with van der Waals surface area (Å²) in [7, 11) is 1.56. The van der Waals surface area contributed by atoms with Crippen LogP contribution in [0.3, 0.4) is 0 Å². The summed E-state index contributed by atoms with van der Waals surface area (Å²) in [6.07, 6.45) is 0.950. The lowest BCUT2D eigenvalue weighted by molar-refractivity contribution is -0.141. The Labute approximate surface area is 136 Å². The SMILES string of the molecule is COCCCC(NC(=O)CSc1ccc(Br)cc1)C(=O)O. The Balaban J connectivity index is 2.39. The zero-order valence-electron chi connectivity index (χ0n) is 11.7. The maximum absolute atomic E-state index is 11.8. The van der Waals surface area contributed by atoms with Crippen LogP contribution in [0.1, 0.15) is 12.8 Å². The molecule has 7 heteroatoms. The lowest BCUT2D eigenvalue weighted by Crippen LogP contribution is -2.41. The minimum absolute atomic E-state index is 0.190. The second kappa shape index (κ2) is 9.81. The minimum Gasteiger partial charge on any atom is -0.480 e. The molecule has 0 spiro atoms. The fraction of sp³-hybridized carbons (Fsp3) is 0.429. The standard InChI is InChI=1S/C14H18BrNO4S/c1-20-8-2-3-12(14(18)19)16-13(17)9-21-11-6-4-10(15)5-7-11/h4-7,12H,2-3,8-9H2,1H3,(H,16,17)(H,18,19). The summed E-state index contributed by atoms with van der Waals surface area (Å²) in [6, 6.07) is 6.72. The van der Waals surface area contributed by atoms with Crippen molar-refractivity contribution in [3.63, 3.8) is 0 Å². The van der Waals surface area contributed by atoms with Crippen molar-refractivity contribution in [2.24, 2.45) is 0 Å². The van der Waals surface area contributed by atoms with E-state index in [0.29, 0.717) is 19.4 Å². The van der Waals surface area contributed by atoms with E-state index < -0.39 is 12.0 Å². The third kappa shape index (κ3) is 7.50. The van der Waals surface area contributed by atoms with Crippen molar-refractivity contribution >= 4 is 39.6 Å². The Morgan fingerprint density at radius 2 is 2.05 bits per heavy atom. The highest BCUT2D eigenvalue weighted by molar-refractivity contribution is 9.10. The summed E-state index contributed by atoms with van der Waals surface area (Å²) in [6.45, 7) is 0.479. The first-order valence-electron chi connectivity index (χ1n) is 6.42. The number of amides is 1. The molecule has 0 saturated carbocycles. The molecule has 0 aliphatic carbocycles. The van der Waals surface area contributed by atoms with Crippen molar-refractivity contribution in [2.75, 3.05) is 19.5 Å². The molecule has 0 aliphatic heterocycles. The van der Waals surface area contributed by atoms with Crippen LogP contribution in [0.25, 0.3) is 0 Å². The van der Waals surface area contributed by atoms with Gasteiger partial charge in [-0.25, -0.2) is 4.79 Å². The molecule has 1 unspecified atom stereocenters. The number of halogens is 1. The molecule has 0 saturated heterocycles. The fourth-order valence-corrected chi connectivity index (χ4v) is 2.58. The minimum atomic E-state index is -1.02. The number of methoxy groups -OCH3 is 1. The number of carbonyl (C=O) groups excluding carboxylic acids is 1. The average molecular weight is 376 g/mol. The van der Waals surface area contributed by atoms with Crippen LogP contribution < -0.4 is 5.32 Å². The fourth-order valence-electron chi connectivity index (χ4n) is 1.60. The van der Waals surface area contributed by atoms with Crippen LogP contribution in [0, 0.1) is 0 Å². The molecular formula is C14H18BrNO4S. The van der Waals surface area contributed by atoms with E-state index in [2.05, 4.69) is 21.2 Å². The van der Waals surface area contributed by atoms with E-state index in [-0.39, 0.29) is 11.7 Å². The number of carbonyl (C=O) groups is 2. The molecule has 1 aromatic carbocycles. The zero-order chi connectivity index (χ0) is 15.7. The van der Waals surface area contributed by atoms with Gasteiger partial charge in [0.1, 0.15) is 6.04 Å². The predicted octanol–water partition coefficient (Wildman–Crippen LogP) is 2.54. The Kier molecular flexibility index (Phi) is 8.41. The van der Waals surface area contributed by atoms with Gasteiger partial charge in [0.15, 0.2) is 0 Å². The first-order valence-corrected chi connectivity index (χ1v) is 8.20. The summed E-state index contributed by atoms with van der Waals surface area (Å²) in [5.41, 5.74) is 0. The number of aliphatic carboxylic acids is 1. The molecule has 1 atom stereocenters. The van der Waals surface area contributed by atoms with Gasteiger partial charge < -0.3 is 15.2 Å². The van der Waals surface area contributed by atoms with Crippen LogP contribution in [0.4, 0.5) is 0 Å². The summed E-state index contributed by atoms with van der Waals surface area (Å²) in [5, 5.41) is 11.6. The van der Waals surface area contributed by atoms with Crippen LogP contribution in [-0.4, -0.2) is 42.5 Å². The van der Waals surface area contributed by atoms with Crippen LogP contribution in [-0.2, 0) is 14.3 Å². The summed E-state index contributed by atoms with van der Waals surface area (Å²) in [5.74, 6) is -1.11. The van der Waals surface area contributed by atoms with Crippen LogP contribution >= 0.6 is 27.7 Å². The van der Waals surface area contributed by atoms with Crippen LogP contribution in [0.15, 0.2) is 33.6 Å². The maximum Gasteiger partial charge on any atom is 0.326 e. The van der Waals surface area contributed by atoms with Crippen LogP contribution in [0.2, 0.25) is 0 Å². The normalized spacial score (nSPS) is 11.9. The molecule has 116 valence electrons. The van der Waals surface area contributed by atoms with E-state index >= 15 is 0 Å². The predicted molar refractivity (Wildman–Crippen MR) is 85.5 cm³/mol. The van der Waals surface area contributed by atoms with Gasteiger partial charge in [-0.05, 0) is 37.1 Å². The first kappa shape index (κ1) is 18.0. The van der Waals surface area contributed by atoms with E-state index in [1.807, 2.05) is 24.3 Å². The topological polar surface area (TPSA) is 75.6 Å². The molecule has 0 aromatic heterocycles. The Morgan fingerprint density at radius 1 is 1.38 bits per heavy atom. The van der Waals surface area contributed by atoms with Crippen molar-refractivity contribution < 1.29 is 19.4 Å². The van der Waals surface area contributed by atoms with Gasteiger partial charge in [-0.1, -0.05) is 15.9 Å². The molecule has 1 rings (SSSR count). The van der Waals surface area contributed by atoms with E-state index in [1.54, 1.807) is 7.11 Å². The molecule has 5 nitrogen and oxygen atoms in total. The number of thioether (sulfide) groups is 1. The lowest BCUT2D eigenvalue weighted by atomic mass is 10.1. The van der Waals surface area contributed by atoms with E-state index in [9.17, 15) is 9.59 Å². The molecule has 0 bridgehead atoms. The number of ether oxygens (including phenoxy) is 1. The molecule has 0 heterocycles. The number of hydrogen-bond donors (Lipinski definition) is 2. The van der Waals surface area contributed by atoms with Crippen molar-refractivity contribution in [3.05, 3.63) is 28.7 Å². The molecule has 0 fully saturated rings. The van der Waals surface area contributed by atoms with Gasteiger partial charge in [0.25, 0.3) is 0 Å². The quantitative estimate of drug-likeness (QED) is 0.512. The summed E-state index contributed by atoms with van der Waals surface area (Å²) in [4.78, 5) is 23.8.